The van der Waals surface area contributed by atoms with Crippen LogP contribution in [0.5, 0.6) is 0 Å². The molecule has 19 heavy (non-hydrogen) atoms. The molecular weight excluding hydrogens is 256 g/mol. The quantitative estimate of drug-likeness (QED) is 0.894. The maximum Gasteiger partial charge on any atom is 0.0450 e. The maximum absolute atomic E-state index is 6.12. The molecule has 3 heteroatoms. The number of halogens is 1. The fraction of sp³-hybridized carbons (Fsp3) is 0.250. The molecule has 0 amide bonds. The Bertz CT molecular complexity index is 521. The number of hydrogen-bond donors (Lipinski definition) is 1. The average Bonchev–Trinajstić information content (AvgIpc) is 2.41. The lowest BCUT2D eigenvalue weighted by molar-refractivity contribution is 0.693. The predicted molar refractivity (Wildman–Crippen MR) is 82.8 cm³/mol. The molecule has 0 heterocycles. The van der Waals surface area contributed by atoms with Gasteiger partial charge in [0.15, 0.2) is 0 Å². The van der Waals surface area contributed by atoms with E-state index in [1.165, 1.54) is 11.3 Å². The minimum atomic E-state index is 0.787. The molecule has 1 N–H and O–H groups in total. The van der Waals surface area contributed by atoms with Gasteiger partial charge >= 0.3 is 0 Å². The van der Waals surface area contributed by atoms with Crippen molar-refractivity contribution in [1.82, 2.24) is 5.32 Å². The van der Waals surface area contributed by atoms with Crippen molar-refractivity contribution in [1.29, 1.82) is 0 Å². The third-order valence-electron chi connectivity index (χ3n) is 3.06. The lowest BCUT2D eigenvalue weighted by Crippen LogP contribution is -2.13. The molecule has 0 radical (unpaired) electrons. The summed E-state index contributed by atoms with van der Waals surface area (Å²) in [6.45, 7) is 1.63. The lowest BCUT2D eigenvalue weighted by Gasteiger charge is -2.13. The molecule has 0 atom stereocenters. The molecule has 0 aromatic heterocycles. The molecule has 2 aromatic carbocycles. The van der Waals surface area contributed by atoms with E-state index in [9.17, 15) is 0 Å². The second kappa shape index (κ2) is 6.60. The number of hydrogen-bond acceptors (Lipinski definition) is 2. The van der Waals surface area contributed by atoms with E-state index in [-0.39, 0.29) is 0 Å². The fourth-order valence-corrected chi connectivity index (χ4v) is 2.10. The Morgan fingerprint density at radius 2 is 1.63 bits per heavy atom. The molecule has 2 rings (SSSR count). The van der Waals surface area contributed by atoms with Gasteiger partial charge in [-0.25, -0.2) is 0 Å². The summed E-state index contributed by atoms with van der Waals surface area (Å²) < 4.78 is 0. The zero-order valence-corrected chi connectivity index (χ0v) is 12.1. The summed E-state index contributed by atoms with van der Waals surface area (Å²) in [5, 5.41) is 4.23. The van der Waals surface area contributed by atoms with Gasteiger partial charge in [-0.1, -0.05) is 41.9 Å². The third kappa shape index (κ3) is 3.98. The number of nitrogens with zero attached hydrogens (tertiary/aromatic N) is 1. The Morgan fingerprint density at radius 3 is 2.26 bits per heavy atom. The van der Waals surface area contributed by atoms with E-state index < -0.39 is 0 Å². The molecule has 100 valence electrons. The summed E-state index contributed by atoms with van der Waals surface area (Å²) in [5.74, 6) is 0. The van der Waals surface area contributed by atoms with Gasteiger partial charge in [-0.3, -0.25) is 0 Å². The summed E-state index contributed by atoms with van der Waals surface area (Å²) >= 11 is 6.12. The van der Waals surface area contributed by atoms with Crippen LogP contribution in [0.4, 0.5) is 5.69 Å². The van der Waals surface area contributed by atoms with Crippen molar-refractivity contribution in [2.45, 2.75) is 13.1 Å². The minimum absolute atomic E-state index is 0.787. The first-order chi connectivity index (χ1) is 9.16. The fourth-order valence-electron chi connectivity index (χ4n) is 1.90. The van der Waals surface area contributed by atoms with Crippen molar-refractivity contribution in [3.05, 3.63) is 64.7 Å². The Labute approximate surface area is 120 Å². The van der Waals surface area contributed by atoms with Crippen LogP contribution >= 0.6 is 11.6 Å². The second-order valence-corrected chi connectivity index (χ2v) is 5.16. The SMILES string of the molecule is CN(C)c1ccc(CNCc2ccccc2Cl)cc1. The van der Waals surface area contributed by atoms with Crippen LogP contribution in [-0.2, 0) is 13.1 Å². The Balaban J connectivity index is 1.87. The van der Waals surface area contributed by atoms with Crippen molar-refractivity contribution in [2.24, 2.45) is 0 Å². The summed E-state index contributed by atoms with van der Waals surface area (Å²) in [6, 6.07) is 16.5. The first-order valence-corrected chi connectivity index (χ1v) is 6.75. The van der Waals surface area contributed by atoms with Crippen molar-refractivity contribution in [2.75, 3.05) is 19.0 Å². The first-order valence-electron chi connectivity index (χ1n) is 6.37. The first kappa shape index (κ1) is 13.9. The van der Waals surface area contributed by atoms with Gasteiger partial charge in [0.1, 0.15) is 0 Å². The highest BCUT2D eigenvalue weighted by Crippen LogP contribution is 2.15. The maximum atomic E-state index is 6.12. The molecule has 0 aliphatic rings. The second-order valence-electron chi connectivity index (χ2n) is 4.76. The van der Waals surface area contributed by atoms with Gasteiger partial charge in [0.05, 0.1) is 0 Å². The van der Waals surface area contributed by atoms with Gasteiger partial charge in [0.25, 0.3) is 0 Å². The van der Waals surface area contributed by atoms with E-state index in [0.717, 1.165) is 23.7 Å². The van der Waals surface area contributed by atoms with Crippen LogP contribution in [0.2, 0.25) is 5.02 Å². The summed E-state index contributed by atoms with van der Waals surface area (Å²) in [6.07, 6.45) is 0. The lowest BCUT2D eigenvalue weighted by atomic mass is 10.2. The number of benzene rings is 2. The van der Waals surface area contributed by atoms with Crippen LogP contribution < -0.4 is 10.2 Å². The standard InChI is InChI=1S/C16H19ClN2/c1-19(2)15-9-7-13(8-10-15)11-18-12-14-5-3-4-6-16(14)17/h3-10,18H,11-12H2,1-2H3. The van der Waals surface area contributed by atoms with E-state index >= 15 is 0 Å². The van der Waals surface area contributed by atoms with Gasteiger partial charge in [-0.15, -0.1) is 0 Å². The molecule has 0 aliphatic heterocycles. The summed E-state index contributed by atoms with van der Waals surface area (Å²) in [7, 11) is 4.09. The molecule has 2 nitrogen and oxygen atoms in total. The topological polar surface area (TPSA) is 15.3 Å². The van der Waals surface area contributed by atoms with E-state index in [4.69, 9.17) is 11.6 Å². The molecule has 0 aliphatic carbocycles. The zero-order chi connectivity index (χ0) is 13.7. The Hall–Kier alpha value is -1.51. The average molecular weight is 275 g/mol. The minimum Gasteiger partial charge on any atom is -0.378 e. The van der Waals surface area contributed by atoms with Crippen LogP contribution in [0.15, 0.2) is 48.5 Å². The van der Waals surface area contributed by atoms with Gasteiger partial charge in [-0.05, 0) is 29.3 Å². The largest absolute Gasteiger partial charge is 0.378 e. The molecule has 0 spiro atoms. The third-order valence-corrected chi connectivity index (χ3v) is 3.42. The molecule has 0 saturated heterocycles. The van der Waals surface area contributed by atoms with Crippen LogP contribution in [-0.4, -0.2) is 14.1 Å². The highest BCUT2D eigenvalue weighted by atomic mass is 35.5. The van der Waals surface area contributed by atoms with Crippen molar-refractivity contribution >= 4 is 17.3 Å². The summed E-state index contributed by atoms with van der Waals surface area (Å²) in [5.41, 5.74) is 3.63. The Morgan fingerprint density at radius 1 is 0.947 bits per heavy atom. The molecular formula is C16H19ClN2. The molecule has 0 unspecified atom stereocenters. The van der Waals surface area contributed by atoms with E-state index in [1.807, 2.05) is 38.4 Å². The van der Waals surface area contributed by atoms with E-state index in [1.54, 1.807) is 0 Å². The zero-order valence-electron chi connectivity index (χ0n) is 11.4. The van der Waals surface area contributed by atoms with Crippen molar-refractivity contribution < 1.29 is 0 Å². The molecule has 0 fully saturated rings. The predicted octanol–water partition coefficient (Wildman–Crippen LogP) is 3.70. The van der Waals surface area contributed by atoms with Gasteiger partial charge in [-0.2, -0.15) is 0 Å². The van der Waals surface area contributed by atoms with Crippen LogP contribution in [0.3, 0.4) is 0 Å². The highest BCUT2D eigenvalue weighted by molar-refractivity contribution is 6.31. The molecule has 0 bridgehead atoms. The van der Waals surface area contributed by atoms with Crippen molar-refractivity contribution in [3.8, 4) is 0 Å². The summed E-state index contributed by atoms with van der Waals surface area (Å²) in [4.78, 5) is 2.10. The van der Waals surface area contributed by atoms with Gasteiger partial charge in [0, 0.05) is 37.9 Å². The molecule has 0 saturated carbocycles. The Kier molecular flexibility index (Phi) is 4.83. The highest BCUT2D eigenvalue weighted by Gasteiger charge is 1.99. The van der Waals surface area contributed by atoms with Crippen LogP contribution in [0.25, 0.3) is 0 Å². The van der Waals surface area contributed by atoms with E-state index in [2.05, 4.69) is 34.5 Å². The van der Waals surface area contributed by atoms with E-state index in [0.29, 0.717) is 0 Å². The number of rotatable bonds is 5. The molecule has 2 aromatic rings. The monoisotopic (exact) mass is 274 g/mol. The van der Waals surface area contributed by atoms with Crippen LogP contribution in [0, 0.1) is 0 Å². The van der Waals surface area contributed by atoms with Gasteiger partial charge in [0.2, 0.25) is 0 Å². The number of anilines is 1. The normalized spacial score (nSPS) is 10.5. The van der Waals surface area contributed by atoms with Gasteiger partial charge < -0.3 is 10.2 Å². The smallest absolute Gasteiger partial charge is 0.0450 e. The van der Waals surface area contributed by atoms with Crippen LogP contribution in [0.1, 0.15) is 11.1 Å². The van der Waals surface area contributed by atoms with Crippen molar-refractivity contribution in [3.63, 3.8) is 0 Å². The number of nitrogens with one attached hydrogen (secondary N) is 1.